The zero-order chi connectivity index (χ0) is 78.3. The van der Waals surface area contributed by atoms with Crippen LogP contribution in [0.15, 0.2) is 348 Å². The largest absolute Gasteiger partial charge is 0.384 e. The van der Waals surface area contributed by atoms with Crippen molar-refractivity contribution >= 4 is 210 Å². The molecule has 0 heterocycles. The SMILES string of the molecule is Brc1ccc(C#Cc2ccc(Cc3ccc(Br)cc3)cc2)cc1.Brc1ccc(Cc2ccc(I)cc2)cc1.C#Cc1ccc(Br)cc1.CC(=O)Sc1ccc(C#Cc2ccc(Cc3ccc(SC(C)=O)cc3)cc2)cc1.Cc1ccc(C=O)cc1.Ic1ccc(I)cc1.OC(c1ccc(Br)cc1)c1ccc(I)cc1. The van der Waals surface area contributed by atoms with Gasteiger partial charge in [-0.1, -0.05) is 260 Å². The van der Waals surface area contributed by atoms with Gasteiger partial charge in [0.15, 0.2) is 10.2 Å². The molecule has 0 bridgehead atoms. The van der Waals surface area contributed by atoms with Crippen molar-refractivity contribution in [2.24, 2.45) is 0 Å². The third-order valence-electron chi connectivity index (χ3n) is 15.1. The van der Waals surface area contributed by atoms with E-state index in [4.69, 9.17) is 6.42 Å². The molecule has 1 atom stereocenters. The van der Waals surface area contributed by atoms with Crippen LogP contribution in [0.3, 0.4) is 0 Å². The summed E-state index contributed by atoms with van der Waals surface area (Å²) in [6.45, 7) is 5.13. The molecule has 0 amide bonds. The third-order valence-corrected chi connectivity index (χ3v) is 22.2. The molecule has 1 unspecified atom stereocenters. The van der Waals surface area contributed by atoms with Crippen molar-refractivity contribution in [3.8, 4) is 36.0 Å². The van der Waals surface area contributed by atoms with Crippen molar-refractivity contribution in [3.05, 3.63) is 436 Å². The summed E-state index contributed by atoms with van der Waals surface area (Å²) in [5.74, 6) is 15.3. The van der Waals surface area contributed by atoms with Gasteiger partial charge in [-0.3, -0.25) is 14.4 Å². The van der Waals surface area contributed by atoms with Gasteiger partial charge >= 0.3 is 0 Å². The molecule has 546 valence electrons. The summed E-state index contributed by atoms with van der Waals surface area (Å²) >= 11 is 28.7. The van der Waals surface area contributed by atoms with Crippen LogP contribution in [-0.2, 0) is 28.9 Å². The van der Waals surface area contributed by atoms with E-state index in [0.717, 1.165) is 102 Å². The minimum absolute atomic E-state index is 0.0785. The minimum Gasteiger partial charge on any atom is -0.384 e. The number of terminal acetylenes is 1. The molecular formula is C94H71Br5I4O4S2. The average molecular weight is 2240 g/mol. The van der Waals surface area contributed by atoms with E-state index in [-0.39, 0.29) is 10.2 Å². The highest BCUT2D eigenvalue weighted by Crippen LogP contribution is 2.26. The fourth-order valence-corrected chi connectivity index (χ4v) is 13.4. The first-order valence-electron chi connectivity index (χ1n) is 33.6. The zero-order valence-corrected chi connectivity index (χ0v) is 77.5. The van der Waals surface area contributed by atoms with Crippen LogP contribution in [0.25, 0.3) is 0 Å². The molecule has 0 saturated carbocycles. The number of hydrogen-bond donors (Lipinski definition) is 1. The summed E-state index contributed by atoms with van der Waals surface area (Å²) in [7, 11) is 0. The molecule has 0 aromatic heterocycles. The summed E-state index contributed by atoms with van der Waals surface area (Å²) < 4.78 is 10.4. The second-order valence-electron chi connectivity index (χ2n) is 23.8. The Morgan fingerprint density at radius 1 is 0.349 bits per heavy atom. The average Bonchev–Trinajstić information content (AvgIpc) is 0.850. The number of carbonyl (C=O) groups excluding carboxylic acids is 3. The minimum atomic E-state index is -0.551. The fraction of sp³-hybridized carbons (Fsp3) is 0.0745. The number of rotatable bonds is 11. The van der Waals surface area contributed by atoms with Gasteiger partial charge in [-0.2, -0.15) is 0 Å². The van der Waals surface area contributed by atoms with E-state index < -0.39 is 6.10 Å². The predicted molar refractivity (Wildman–Crippen MR) is 509 cm³/mol. The summed E-state index contributed by atoms with van der Waals surface area (Å²) in [5, 5.41) is 10.3. The third kappa shape index (κ3) is 36.7. The lowest BCUT2D eigenvalue weighted by molar-refractivity contribution is -0.109. The Labute approximate surface area is 747 Å². The van der Waals surface area contributed by atoms with Crippen molar-refractivity contribution in [3.63, 3.8) is 0 Å². The van der Waals surface area contributed by atoms with Gasteiger partial charge in [-0.25, -0.2) is 0 Å². The molecule has 13 rings (SSSR count). The summed E-state index contributed by atoms with van der Waals surface area (Å²) in [6.07, 6.45) is 8.21. The van der Waals surface area contributed by atoms with Crippen molar-refractivity contribution in [1.29, 1.82) is 0 Å². The molecule has 0 aliphatic rings. The van der Waals surface area contributed by atoms with Crippen LogP contribution in [0.4, 0.5) is 0 Å². The molecule has 0 radical (unpaired) electrons. The van der Waals surface area contributed by atoms with Crippen molar-refractivity contribution in [2.75, 3.05) is 0 Å². The van der Waals surface area contributed by atoms with Gasteiger partial charge in [0.25, 0.3) is 0 Å². The molecule has 0 saturated heterocycles. The lowest BCUT2D eigenvalue weighted by Crippen LogP contribution is -1.99. The lowest BCUT2D eigenvalue weighted by atomic mass is 10.0. The fourth-order valence-electron chi connectivity index (χ4n) is 9.46. The molecule has 0 aliphatic heterocycles. The van der Waals surface area contributed by atoms with Crippen LogP contribution in [0.1, 0.15) is 108 Å². The van der Waals surface area contributed by atoms with Crippen LogP contribution in [0.2, 0.25) is 0 Å². The van der Waals surface area contributed by atoms with Gasteiger partial charge in [0.2, 0.25) is 0 Å². The zero-order valence-electron chi connectivity index (χ0n) is 59.3. The number of aliphatic hydroxyl groups excluding tert-OH is 1. The standard InChI is InChI=1S/C25H20O2S2.C21H14Br2.C13H10BrIO.C13H10BrI.C8H5Br.C8H8O.C6H4I2/c1-18(26)28-24-13-9-21(10-14-24)4-3-20-5-7-22(8-6-20)17-23-11-15-25(16-12-23)29-19(2)27;22-20-11-7-17(8-12-20)2-1-16-3-5-18(6-4-16)15-19-9-13-21(23)14-10-19;14-11-5-1-9(2-6-11)13(16)10-3-7-12(15)8-4-10;14-12-5-1-10(2-6-12)9-11-3-7-13(15)8-4-11;1-2-7-3-5-8(9)6-4-7;1-7-2-4-8(6-9)5-3-7;7-5-1-2-6(8)4-3-5/h5-16H,17H2,1-2H3;3-14H,15H2;1-8,13,16H;1-8H,9H2;1,3-6H;2-6H,1H3;1-4H. The van der Waals surface area contributed by atoms with E-state index >= 15 is 0 Å². The Bertz CT molecular complexity index is 5020. The lowest BCUT2D eigenvalue weighted by Gasteiger charge is -2.11. The summed E-state index contributed by atoms with van der Waals surface area (Å²) in [5.41, 5.74) is 16.3. The highest BCUT2D eigenvalue weighted by Gasteiger charge is 2.10. The first-order valence-corrected chi connectivity index (χ1v) is 43.5. The first kappa shape index (κ1) is 89.7. The second kappa shape index (κ2) is 49.8. The predicted octanol–water partition coefficient (Wildman–Crippen LogP) is 28.1. The molecular weight excluding hydrogens is 2160 g/mol. The Morgan fingerprint density at radius 2 is 0.569 bits per heavy atom. The number of hydrogen-bond acceptors (Lipinski definition) is 6. The van der Waals surface area contributed by atoms with Crippen molar-refractivity contribution < 1.29 is 19.5 Å². The highest BCUT2D eigenvalue weighted by atomic mass is 127. The second-order valence-corrected chi connectivity index (χ2v) is 35.8. The van der Waals surface area contributed by atoms with Gasteiger partial charge in [-0.15, -0.1) is 6.42 Å². The topological polar surface area (TPSA) is 71.4 Å². The van der Waals surface area contributed by atoms with Gasteiger partial charge in [-0.05, 0) is 355 Å². The van der Waals surface area contributed by atoms with E-state index in [1.807, 2.05) is 177 Å². The first-order chi connectivity index (χ1) is 52.5. The number of aryl methyl sites for hydroxylation is 1. The normalized spacial score (nSPS) is 10.2. The molecule has 4 nitrogen and oxygen atoms in total. The van der Waals surface area contributed by atoms with Crippen LogP contribution >= 0.6 is 194 Å². The molecule has 0 fully saturated rings. The maximum atomic E-state index is 11.2. The van der Waals surface area contributed by atoms with E-state index in [0.29, 0.717) is 0 Å². The molecule has 0 aliphatic carbocycles. The van der Waals surface area contributed by atoms with E-state index in [1.54, 1.807) is 13.8 Å². The number of thioether (sulfide) groups is 2. The summed E-state index contributed by atoms with van der Waals surface area (Å²) in [6, 6.07) is 105. The van der Waals surface area contributed by atoms with Gasteiger partial charge < -0.3 is 5.11 Å². The van der Waals surface area contributed by atoms with Crippen molar-refractivity contribution in [1.82, 2.24) is 0 Å². The monoisotopic (exact) mass is 2230 g/mol. The van der Waals surface area contributed by atoms with Crippen LogP contribution < -0.4 is 0 Å². The summed E-state index contributed by atoms with van der Waals surface area (Å²) in [4.78, 5) is 34.3. The molecule has 109 heavy (non-hydrogen) atoms. The number of aliphatic hydroxyl groups is 1. The number of aldehydes is 1. The Balaban J connectivity index is 0.000000185. The van der Waals surface area contributed by atoms with Crippen LogP contribution in [0, 0.1) is 57.2 Å². The van der Waals surface area contributed by atoms with E-state index in [9.17, 15) is 19.5 Å². The Morgan fingerprint density at radius 3 is 0.872 bits per heavy atom. The molecule has 1 N–H and O–H groups in total. The Hall–Kier alpha value is -6.47. The number of halogens is 9. The number of carbonyl (C=O) groups is 3. The highest BCUT2D eigenvalue weighted by molar-refractivity contribution is 14.1. The van der Waals surface area contributed by atoms with Crippen molar-refractivity contribution in [2.45, 2.75) is 55.9 Å². The van der Waals surface area contributed by atoms with Gasteiger partial charge in [0, 0.05) is 93.7 Å². The maximum Gasteiger partial charge on any atom is 0.190 e. The van der Waals surface area contributed by atoms with E-state index in [2.05, 4.69) is 345 Å². The van der Waals surface area contributed by atoms with Crippen LogP contribution in [-0.4, -0.2) is 21.6 Å². The Kier molecular flexibility index (Phi) is 41.0. The van der Waals surface area contributed by atoms with Crippen LogP contribution in [0.5, 0.6) is 0 Å². The van der Waals surface area contributed by atoms with Gasteiger partial charge in [0.1, 0.15) is 12.4 Å². The molecule has 13 aromatic carbocycles. The number of benzene rings is 13. The van der Waals surface area contributed by atoms with Gasteiger partial charge in [0.05, 0.1) is 0 Å². The molecule has 15 heteroatoms. The smallest absolute Gasteiger partial charge is 0.190 e. The molecule has 0 spiro atoms. The molecule has 13 aromatic rings. The van der Waals surface area contributed by atoms with E-state index in [1.165, 1.54) is 76.7 Å². The maximum absolute atomic E-state index is 11.2. The quantitative estimate of drug-likeness (QED) is 0.0602.